The number of nitrogens with zero attached hydrogens (tertiary/aromatic N) is 2. The first-order valence-corrected chi connectivity index (χ1v) is 9.90. The highest BCUT2D eigenvalue weighted by Gasteiger charge is 2.44. The zero-order valence-electron chi connectivity index (χ0n) is 16.7. The highest BCUT2D eigenvalue weighted by molar-refractivity contribution is 5.93. The molecular formula is C22H26N2O5. The number of fused-ring (bicyclic) bond motifs is 1. The zero-order valence-corrected chi connectivity index (χ0v) is 16.7. The van der Waals surface area contributed by atoms with Crippen LogP contribution in [-0.2, 0) is 11.8 Å². The van der Waals surface area contributed by atoms with E-state index >= 15 is 0 Å². The summed E-state index contributed by atoms with van der Waals surface area (Å²) in [4.78, 5) is 26.4. The van der Waals surface area contributed by atoms with Gasteiger partial charge in [-0.3, -0.25) is 4.79 Å². The van der Waals surface area contributed by atoms with E-state index in [1.165, 1.54) is 7.11 Å². The molecule has 0 bridgehead atoms. The lowest BCUT2D eigenvalue weighted by Gasteiger charge is -2.35. The van der Waals surface area contributed by atoms with E-state index in [4.69, 9.17) is 9.47 Å². The number of rotatable bonds is 4. The van der Waals surface area contributed by atoms with Gasteiger partial charge < -0.3 is 24.0 Å². The van der Waals surface area contributed by atoms with E-state index < -0.39 is 12.1 Å². The summed E-state index contributed by atoms with van der Waals surface area (Å²) in [7, 11) is 3.20. The van der Waals surface area contributed by atoms with E-state index in [0.29, 0.717) is 42.9 Å². The number of amides is 1. The average molecular weight is 398 g/mol. The Balaban J connectivity index is 1.43. The molecule has 1 saturated heterocycles. The van der Waals surface area contributed by atoms with Gasteiger partial charge in [-0.1, -0.05) is 6.07 Å². The molecule has 1 aromatic heterocycles. The van der Waals surface area contributed by atoms with E-state index in [2.05, 4.69) is 0 Å². The van der Waals surface area contributed by atoms with Gasteiger partial charge in [0, 0.05) is 26.3 Å². The number of benzene rings is 1. The number of hydrogen-bond donors (Lipinski definition) is 1. The Morgan fingerprint density at radius 2 is 1.86 bits per heavy atom. The molecule has 7 nitrogen and oxygen atoms in total. The van der Waals surface area contributed by atoms with Gasteiger partial charge in [0.05, 0.1) is 18.8 Å². The maximum atomic E-state index is 12.8. The molecule has 4 rings (SSSR count). The van der Waals surface area contributed by atoms with Gasteiger partial charge in [-0.15, -0.1) is 0 Å². The number of aromatic nitrogens is 1. The van der Waals surface area contributed by atoms with Crippen molar-refractivity contribution in [1.82, 2.24) is 9.47 Å². The van der Waals surface area contributed by atoms with Gasteiger partial charge in [0.15, 0.2) is 0 Å². The molecule has 2 heterocycles. The summed E-state index contributed by atoms with van der Waals surface area (Å²) in [6, 6.07) is 10.5. The minimum absolute atomic E-state index is 0.0321. The second-order valence-corrected chi connectivity index (χ2v) is 7.95. The molecule has 2 aliphatic rings. The largest absolute Gasteiger partial charge is 0.488 e. The Morgan fingerprint density at radius 3 is 2.55 bits per heavy atom. The third kappa shape index (κ3) is 3.87. The van der Waals surface area contributed by atoms with Crippen LogP contribution >= 0.6 is 0 Å². The van der Waals surface area contributed by atoms with Gasteiger partial charge in [0.25, 0.3) is 5.91 Å². The van der Waals surface area contributed by atoms with Crippen molar-refractivity contribution >= 4 is 11.9 Å². The van der Waals surface area contributed by atoms with Crippen LogP contribution in [0.2, 0.25) is 0 Å². The molecule has 0 spiro atoms. The van der Waals surface area contributed by atoms with Crippen molar-refractivity contribution in [1.29, 1.82) is 0 Å². The molecule has 1 saturated carbocycles. The van der Waals surface area contributed by atoms with Gasteiger partial charge in [0.1, 0.15) is 17.5 Å². The molecule has 29 heavy (non-hydrogen) atoms. The summed E-state index contributed by atoms with van der Waals surface area (Å²) in [6.07, 6.45) is 2.16. The Morgan fingerprint density at radius 1 is 1.10 bits per heavy atom. The highest BCUT2D eigenvalue weighted by Crippen LogP contribution is 2.38. The first-order valence-electron chi connectivity index (χ1n) is 9.90. The quantitative estimate of drug-likeness (QED) is 0.798. The molecule has 154 valence electrons. The van der Waals surface area contributed by atoms with Crippen molar-refractivity contribution in [3.63, 3.8) is 0 Å². The SMILES string of the molecule is COC(=O)c1cccc(O[C@@H]2C[C@@H]3CN(C(=O)c4cccn4C)C[C@@H]3C[C@H]2O)c1. The summed E-state index contributed by atoms with van der Waals surface area (Å²) in [6.45, 7) is 1.33. The van der Waals surface area contributed by atoms with Crippen molar-refractivity contribution in [3.05, 3.63) is 53.9 Å². The van der Waals surface area contributed by atoms with Crippen LogP contribution in [0.15, 0.2) is 42.6 Å². The number of esters is 1. The molecule has 0 radical (unpaired) electrons. The van der Waals surface area contributed by atoms with Crippen molar-refractivity contribution in [2.24, 2.45) is 18.9 Å². The number of aliphatic hydroxyl groups excluding tert-OH is 1. The van der Waals surface area contributed by atoms with E-state index in [-0.39, 0.29) is 23.8 Å². The monoisotopic (exact) mass is 398 g/mol. The molecule has 1 amide bonds. The number of ether oxygens (including phenoxy) is 2. The van der Waals surface area contributed by atoms with Crippen LogP contribution in [0.1, 0.15) is 33.7 Å². The Bertz CT molecular complexity index is 908. The Hall–Kier alpha value is -2.80. The van der Waals surface area contributed by atoms with E-state index in [1.54, 1.807) is 24.3 Å². The molecule has 1 aliphatic heterocycles. The number of hydrogen-bond acceptors (Lipinski definition) is 5. The van der Waals surface area contributed by atoms with Crippen LogP contribution in [-0.4, -0.2) is 58.9 Å². The molecule has 1 aromatic carbocycles. The molecule has 7 heteroatoms. The Kier molecular flexibility index (Phi) is 5.32. The Labute approximate surface area is 169 Å². The fraction of sp³-hybridized carbons (Fsp3) is 0.455. The van der Waals surface area contributed by atoms with Crippen LogP contribution in [0.4, 0.5) is 0 Å². The van der Waals surface area contributed by atoms with Crippen molar-refractivity contribution in [2.75, 3.05) is 20.2 Å². The lowest BCUT2D eigenvalue weighted by molar-refractivity contribution is -0.0231. The van der Waals surface area contributed by atoms with E-state index in [0.717, 1.165) is 0 Å². The second-order valence-electron chi connectivity index (χ2n) is 7.95. The molecule has 0 unspecified atom stereocenters. The lowest BCUT2D eigenvalue weighted by atomic mass is 9.78. The average Bonchev–Trinajstić information content (AvgIpc) is 3.33. The molecular weight excluding hydrogens is 372 g/mol. The number of carbonyl (C=O) groups is 2. The number of methoxy groups -OCH3 is 1. The normalized spacial score (nSPS) is 26.1. The molecule has 1 N–H and O–H groups in total. The van der Waals surface area contributed by atoms with Crippen LogP contribution in [0.3, 0.4) is 0 Å². The fourth-order valence-electron chi connectivity index (χ4n) is 4.52. The standard InChI is InChI=1S/C22H26N2O5/c1-23-8-4-7-18(23)21(26)24-12-15-10-19(25)20(11-16(15)13-24)29-17-6-3-5-14(9-17)22(27)28-2/h3-9,15-16,19-20,25H,10-13H2,1-2H3/t15-,16+,19+,20+/m0/s1. The smallest absolute Gasteiger partial charge is 0.337 e. The minimum atomic E-state index is -0.608. The maximum Gasteiger partial charge on any atom is 0.337 e. The van der Waals surface area contributed by atoms with E-state index in [9.17, 15) is 14.7 Å². The van der Waals surface area contributed by atoms with Crippen LogP contribution in [0, 0.1) is 11.8 Å². The summed E-state index contributed by atoms with van der Waals surface area (Å²) in [5.41, 5.74) is 1.09. The van der Waals surface area contributed by atoms with Gasteiger partial charge in [-0.05, 0) is 55.0 Å². The second kappa shape index (κ2) is 7.91. The first kappa shape index (κ1) is 19.5. The third-order valence-corrected chi connectivity index (χ3v) is 6.08. The lowest BCUT2D eigenvalue weighted by Crippen LogP contribution is -2.42. The van der Waals surface area contributed by atoms with Crippen molar-refractivity contribution in [3.8, 4) is 5.75 Å². The molecule has 2 fully saturated rings. The molecule has 2 aromatic rings. The number of aryl methyl sites for hydroxylation is 1. The topological polar surface area (TPSA) is 81.0 Å². The van der Waals surface area contributed by atoms with E-state index in [1.807, 2.05) is 34.8 Å². The number of likely N-dealkylation sites (tertiary alicyclic amines) is 1. The van der Waals surface area contributed by atoms with Gasteiger partial charge in [0.2, 0.25) is 0 Å². The van der Waals surface area contributed by atoms with Crippen molar-refractivity contribution in [2.45, 2.75) is 25.0 Å². The third-order valence-electron chi connectivity index (χ3n) is 6.08. The minimum Gasteiger partial charge on any atom is -0.488 e. The fourth-order valence-corrected chi connectivity index (χ4v) is 4.52. The van der Waals surface area contributed by atoms with Crippen LogP contribution < -0.4 is 4.74 Å². The highest BCUT2D eigenvalue weighted by atomic mass is 16.5. The van der Waals surface area contributed by atoms with Crippen molar-refractivity contribution < 1.29 is 24.2 Å². The van der Waals surface area contributed by atoms with Gasteiger partial charge in [-0.25, -0.2) is 4.79 Å². The maximum absolute atomic E-state index is 12.8. The molecule has 4 atom stereocenters. The van der Waals surface area contributed by atoms with Crippen LogP contribution in [0.25, 0.3) is 0 Å². The predicted octanol–water partition coefficient (Wildman–Crippen LogP) is 2.10. The number of aliphatic hydroxyl groups is 1. The zero-order chi connectivity index (χ0) is 20.5. The van der Waals surface area contributed by atoms with Crippen LogP contribution in [0.5, 0.6) is 5.75 Å². The molecule has 1 aliphatic carbocycles. The number of carbonyl (C=O) groups excluding carboxylic acids is 2. The van der Waals surface area contributed by atoms with Gasteiger partial charge in [-0.2, -0.15) is 0 Å². The van der Waals surface area contributed by atoms with Gasteiger partial charge >= 0.3 is 5.97 Å². The summed E-state index contributed by atoms with van der Waals surface area (Å²) >= 11 is 0. The first-order chi connectivity index (χ1) is 14.0. The summed E-state index contributed by atoms with van der Waals surface area (Å²) < 4.78 is 12.6. The summed E-state index contributed by atoms with van der Waals surface area (Å²) in [5.74, 6) is 0.701. The summed E-state index contributed by atoms with van der Waals surface area (Å²) in [5, 5.41) is 10.6. The predicted molar refractivity (Wildman–Crippen MR) is 106 cm³/mol.